The number of sulfonamides is 1. The summed E-state index contributed by atoms with van der Waals surface area (Å²) >= 11 is 0. The highest BCUT2D eigenvalue weighted by molar-refractivity contribution is 7.93. The van der Waals surface area contributed by atoms with Crippen LogP contribution < -0.4 is 14.2 Å². The maximum absolute atomic E-state index is 13.1. The number of aromatic nitrogens is 1. The number of carboxylic acid groups (broad SMARTS) is 1. The van der Waals surface area contributed by atoms with E-state index in [1.807, 2.05) is 36.4 Å². The van der Waals surface area contributed by atoms with Crippen molar-refractivity contribution in [3.05, 3.63) is 84.4 Å². The van der Waals surface area contributed by atoms with Crippen LogP contribution in [0.4, 0.5) is 5.69 Å². The van der Waals surface area contributed by atoms with Gasteiger partial charge in [-0.15, -0.1) is 0 Å². The molecule has 0 bridgehead atoms. The van der Waals surface area contributed by atoms with Crippen molar-refractivity contribution >= 4 is 32.6 Å². The molecule has 0 spiro atoms. The SMILES string of the molecule is COc1ccc(C(C(=O)O)S(=O)(=O)Nc2ccc(OC)c(-c3ccc4ccccc4n3)c2)cc1. The molecule has 8 nitrogen and oxygen atoms in total. The molecule has 9 heteroatoms. The molecule has 0 amide bonds. The second-order valence-corrected chi connectivity index (χ2v) is 9.21. The van der Waals surface area contributed by atoms with Crippen LogP contribution in [0, 0.1) is 0 Å². The van der Waals surface area contributed by atoms with E-state index in [9.17, 15) is 18.3 Å². The zero-order valence-electron chi connectivity index (χ0n) is 18.4. The first kappa shape index (κ1) is 23.1. The summed E-state index contributed by atoms with van der Waals surface area (Å²) in [5.74, 6) is -0.515. The first-order valence-electron chi connectivity index (χ1n) is 10.2. The van der Waals surface area contributed by atoms with Crippen LogP contribution in [0.3, 0.4) is 0 Å². The predicted octanol–water partition coefficient (Wildman–Crippen LogP) is 4.49. The van der Waals surface area contributed by atoms with Crippen molar-refractivity contribution in [2.45, 2.75) is 5.25 Å². The molecule has 0 aliphatic rings. The number of carboxylic acids is 1. The first-order valence-corrected chi connectivity index (χ1v) is 11.8. The fraction of sp³-hybridized carbons (Fsp3) is 0.120. The van der Waals surface area contributed by atoms with Crippen molar-refractivity contribution in [1.82, 2.24) is 4.98 Å². The van der Waals surface area contributed by atoms with Crippen molar-refractivity contribution in [1.29, 1.82) is 0 Å². The molecule has 3 aromatic carbocycles. The highest BCUT2D eigenvalue weighted by Gasteiger charge is 2.34. The van der Waals surface area contributed by atoms with Gasteiger partial charge in [0.2, 0.25) is 5.25 Å². The molecule has 1 atom stereocenters. The van der Waals surface area contributed by atoms with E-state index < -0.39 is 21.2 Å². The number of rotatable bonds is 8. The molecular formula is C25H22N2O6S. The largest absolute Gasteiger partial charge is 0.497 e. The maximum atomic E-state index is 13.1. The maximum Gasteiger partial charge on any atom is 0.328 e. The summed E-state index contributed by atoms with van der Waals surface area (Å²) in [5, 5.41) is 8.85. The van der Waals surface area contributed by atoms with E-state index in [0.717, 1.165) is 10.9 Å². The predicted molar refractivity (Wildman–Crippen MR) is 130 cm³/mol. The number of hydrogen-bond donors (Lipinski definition) is 2. The van der Waals surface area contributed by atoms with Crippen molar-refractivity contribution in [2.75, 3.05) is 18.9 Å². The highest BCUT2D eigenvalue weighted by atomic mass is 32.2. The average Bonchev–Trinajstić information content (AvgIpc) is 2.83. The van der Waals surface area contributed by atoms with Gasteiger partial charge in [0.25, 0.3) is 10.0 Å². The Morgan fingerprint density at radius 2 is 1.68 bits per heavy atom. The molecule has 0 saturated carbocycles. The van der Waals surface area contributed by atoms with Crippen molar-refractivity contribution in [3.63, 3.8) is 0 Å². The number of pyridine rings is 1. The number of anilines is 1. The number of benzene rings is 3. The molecule has 1 unspecified atom stereocenters. The quantitative estimate of drug-likeness (QED) is 0.383. The van der Waals surface area contributed by atoms with E-state index in [0.29, 0.717) is 22.8 Å². The number of para-hydroxylation sites is 1. The van der Waals surface area contributed by atoms with Gasteiger partial charge in [0.05, 0.1) is 25.4 Å². The molecule has 0 aliphatic carbocycles. The lowest BCUT2D eigenvalue weighted by Gasteiger charge is -2.17. The molecule has 174 valence electrons. The second-order valence-electron chi connectivity index (χ2n) is 7.44. The summed E-state index contributed by atoms with van der Waals surface area (Å²) < 4.78 is 39.1. The van der Waals surface area contributed by atoms with Gasteiger partial charge in [-0.05, 0) is 48.0 Å². The standard InChI is InChI=1S/C25H22N2O6S/c1-32-19-11-7-17(8-12-19)24(25(28)29)34(30,31)27-18-10-14-23(33-2)20(15-18)22-13-9-16-5-3-4-6-21(16)26-22/h3-15,24,27H,1-2H3,(H,28,29). The summed E-state index contributed by atoms with van der Waals surface area (Å²) in [6.45, 7) is 0. The Kier molecular flexibility index (Phi) is 6.38. The summed E-state index contributed by atoms with van der Waals surface area (Å²) in [6.07, 6.45) is 0. The Labute approximate surface area is 196 Å². The van der Waals surface area contributed by atoms with Crippen LogP contribution in [0.1, 0.15) is 10.8 Å². The molecule has 4 aromatic rings. The number of nitrogens with zero attached hydrogens (tertiary/aromatic N) is 1. The minimum absolute atomic E-state index is 0.103. The summed E-state index contributed by atoms with van der Waals surface area (Å²) in [4.78, 5) is 16.6. The fourth-order valence-electron chi connectivity index (χ4n) is 3.64. The third-order valence-corrected chi connectivity index (χ3v) is 6.90. The van der Waals surface area contributed by atoms with Crippen LogP contribution >= 0.6 is 0 Å². The Hall–Kier alpha value is -4.11. The fourth-order valence-corrected chi connectivity index (χ4v) is 5.00. The van der Waals surface area contributed by atoms with Crippen LogP contribution in [0.5, 0.6) is 11.5 Å². The van der Waals surface area contributed by atoms with Crippen LogP contribution in [0.25, 0.3) is 22.2 Å². The Morgan fingerprint density at radius 3 is 2.35 bits per heavy atom. The monoisotopic (exact) mass is 478 g/mol. The molecule has 1 heterocycles. The van der Waals surface area contributed by atoms with Crippen LogP contribution in [0.15, 0.2) is 78.9 Å². The minimum atomic E-state index is -4.35. The summed E-state index contributed by atoms with van der Waals surface area (Å²) in [5.41, 5.74) is 2.21. The number of hydrogen-bond acceptors (Lipinski definition) is 6. The van der Waals surface area contributed by atoms with Crippen LogP contribution in [-0.4, -0.2) is 38.7 Å². The average molecular weight is 479 g/mol. The van der Waals surface area contributed by atoms with Gasteiger partial charge in [-0.2, -0.15) is 0 Å². The Bertz CT molecular complexity index is 1450. The lowest BCUT2D eigenvalue weighted by molar-refractivity contribution is -0.136. The number of nitrogens with one attached hydrogen (secondary N) is 1. The molecule has 0 radical (unpaired) electrons. The van der Waals surface area contributed by atoms with Gasteiger partial charge in [-0.25, -0.2) is 13.4 Å². The molecule has 1 aromatic heterocycles. The highest BCUT2D eigenvalue weighted by Crippen LogP contribution is 2.34. The van der Waals surface area contributed by atoms with Gasteiger partial charge in [0, 0.05) is 16.6 Å². The number of aliphatic carboxylic acids is 1. The van der Waals surface area contributed by atoms with E-state index in [1.54, 1.807) is 12.1 Å². The van der Waals surface area contributed by atoms with E-state index in [4.69, 9.17) is 9.47 Å². The zero-order valence-corrected chi connectivity index (χ0v) is 19.2. The molecular weight excluding hydrogens is 456 g/mol. The van der Waals surface area contributed by atoms with E-state index in [-0.39, 0.29) is 11.3 Å². The van der Waals surface area contributed by atoms with Gasteiger partial charge in [-0.1, -0.05) is 36.4 Å². The van der Waals surface area contributed by atoms with Gasteiger partial charge in [-0.3, -0.25) is 9.52 Å². The van der Waals surface area contributed by atoms with Crippen molar-refractivity contribution in [2.24, 2.45) is 0 Å². The number of fused-ring (bicyclic) bond motifs is 1. The van der Waals surface area contributed by atoms with E-state index in [1.165, 1.54) is 44.6 Å². The molecule has 0 fully saturated rings. The molecule has 34 heavy (non-hydrogen) atoms. The number of carbonyl (C=O) groups is 1. The second kappa shape index (κ2) is 9.40. The summed E-state index contributed by atoms with van der Waals surface area (Å²) in [7, 11) is -1.38. The van der Waals surface area contributed by atoms with Crippen molar-refractivity contribution in [3.8, 4) is 22.8 Å². The summed E-state index contributed by atoms with van der Waals surface area (Å²) in [6, 6.07) is 21.9. The zero-order chi connectivity index (χ0) is 24.3. The number of ether oxygens (including phenoxy) is 2. The molecule has 0 aliphatic heterocycles. The number of methoxy groups -OCH3 is 2. The van der Waals surface area contributed by atoms with E-state index >= 15 is 0 Å². The Morgan fingerprint density at radius 1 is 0.941 bits per heavy atom. The minimum Gasteiger partial charge on any atom is -0.497 e. The van der Waals surface area contributed by atoms with Crippen LogP contribution in [0.2, 0.25) is 0 Å². The van der Waals surface area contributed by atoms with Crippen LogP contribution in [-0.2, 0) is 14.8 Å². The van der Waals surface area contributed by atoms with Gasteiger partial charge in [0.15, 0.2) is 0 Å². The molecule has 2 N–H and O–H groups in total. The lowest BCUT2D eigenvalue weighted by atomic mass is 10.1. The lowest BCUT2D eigenvalue weighted by Crippen LogP contribution is -2.27. The smallest absolute Gasteiger partial charge is 0.328 e. The third-order valence-electron chi connectivity index (χ3n) is 5.29. The van der Waals surface area contributed by atoms with Gasteiger partial charge >= 0.3 is 5.97 Å². The van der Waals surface area contributed by atoms with Crippen molar-refractivity contribution < 1.29 is 27.8 Å². The Balaban J connectivity index is 1.71. The molecule has 0 saturated heterocycles. The van der Waals surface area contributed by atoms with E-state index in [2.05, 4.69) is 9.71 Å². The normalized spacial score (nSPS) is 12.2. The first-order chi connectivity index (χ1) is 16.3. The topological polar surface area (TPSA) is 115 Å². The van der Waals surface area contributed by atoms with Gasteiger partial charge < -0.3 is 14.6 Å². The third kappa shape index (κ3) is 4.65. The van der Waals surface area contributed by atoms with Gasteiger partial charge in [0.1, 0.15) is 11.5 Å². The molecule has 4 rings (SSSR count).